The molecule has 0 spiro atoms. The van der Waals surface area contributed by atoms with Crippen molar-refractivity contribution < 1.29 is 18.7 Å². The first kappa shape index (κ1) is 27.5. The fraction of sp³-hybridized carbons (Fsp3) is 0.276. The van der Waals surface area contributed by atoms with Gasteiger partial charge in [0.25, 0.3) is 0 Å². The summed E-state index contributed by atoms with van der Waals surface area (Å²) in [7, 11) is 0. The van der Waals surface area contributed by atoms with Crippen LogP contribution in [0.15, 0.2) is 72.2 Å². The van der Waals surface area contributed by atoms with Crippen LogP contribution in [0.3, 0.4) is 0 Å². The SMILES string of the molecule is CCc1cccc(CNCC(O)C(Cc2cc(F)cc(F)c2)NC(=O)Cc2csc(-c3ccccn3)n2)c1. The first-order chi connectivity index (χ1) is 18.4. The second-order valence-electron chi connectivity index (χ2n) is 9.06. The zero-order valence-corrected chi connectivity index (χ0v) is 21.8. The zero-order chi connectivity index (χ0) is 26.9. The number of aliphatic hydroxyl groups is 1. The Balaban J connectivity index is 1.41. The lowest BCUT2D eigenvalue weighted by molar-refractivity contribution is -0.122. The molecule has 0 bridgehead atoms. The Kier molecular flexibility index (Phi) is 9.64. The lowest BCUT2D eigenvalue weighted by Gasteiger charge is -2.25. The molecule has 6 nitrogen and oxygen atoms in total. The molecule has 198 valence electrons. The highest BCUT2D eigenvalue weighted by atomic mass is 32.1. The van der Waals surface area contributed by atoms with E-state index in [9.17, 15) is 18.7 Å². The van der Waals surface area contributed by atoms with E-state index in [2.05, 4.69) is 39.7 Å². The number of nitrogens with zero attached hydrogens (tertiary/aromatic N) is 2. The van der Waals surface area contributed by atoms with Crippen LogP contribution in [0.2, 0.25) is 0 Å². The lowest BCUT2D eigenvalue weighted by Crippen LogP contribution is -2.49. The number of thiazole rings is 1. The minimum absolute atomic E-state index is 0.00129. The molecule has 0 aliphatic carbocycles. The third-order valence-corrected chi connectivity index (χ3v) is 6.96. The van der Waals surface area contributed by atoms with Crippen molar-refractivity contribution in [2.75, 3.05) is 6.54 Å². The van der Waals surface area contributed by atoms with Gasteiger partial charge in [-0.15, -0.1) is 11.3 Å². The van der Waals surface area contributed by atoms with Crippen LogP contribution in [0, 0.1) is 11.6 Å². The molecular formula is C29H30F2N4O2S. The summed E-state index contributed by atoms with van der Waals surface area (Å²) in [6.45, 7) is 2.80. The minimum Gasteiger partial charge on any atom is -0.390 e. The smallest absolute Gasteiger partial charge is 0.226 e. The Hall–Kier alpha value is -3.53. The highest BCUT2D eigenvalue weighted by molar-refractivity contribution is 7.13. The number of pyridine rings is 1. The van der Waals surface area contributed by atoms with Crippen LogP contribution in [-0.4, -0.2) is 39.7 Å². The number of hydrogen-bond acceptors (Lipinski definition) is 6. The molecule has 0 saturated carbocycles. The van der Waals surface area contributed by atoms with Crippen molar-refractivity contribution in [3.05, 3.63) is 106 Å². The van der Waals surface area contributed by atoms with Gasteiger partial charge in [-0.05, 0) is 53.8 Å². The zero-order valence-electron chi connectivity index (χ0n) is 21.0. The summed E-state index contributed by atoms with van der Waals surface area (Å²) in [5.74, 6) is -1.77. The Morgan fingerprint density at radius 2 is 1.82 bits per heavy atom. The maximum absolute atomic E-state index is 13.8. The standard InChI is InChI=1S/C29H30F2N4O2S/c1-2-19-6-5-7-20(10-19)16-32-17-27(36)26(13-21-11-22(30)14-23(31)12-21)35-28(37)15-24-18-38-29(34-24)25-8-3-4-9-33-25/h3-12,14,18,26-27,32,36H,2,13,15-17H2,1H3,(H,35,37). The van der Waals surface area contributed by atoms with E-state index in [1.54, 1.807) is 11.6 Å². The van der Waals surface area contributed by atoms with Gasteiger partial charge in [-0.3, -0.25) is 9.78 Å². The Bertz CT molecular complexity index is 1330. The van der Waals surface area contributed by atoms with E-state index >= 15 is 0 Å². The van der Waals surface area contributed by atoms with Crippen LogP contribution >= 0.6 is 11.3 Å². The summed E-state index contributed by atoms with van der Waals surface area (Å²) in [5.41, 5.74) is 3.94. The van der Waals surface area contributed by atoms with Crippen LogP contribution in [0.5, 0.6) is 0 Å². The van der Waals surface area contributed by atoms with Gasteiger partial charge < -0.3 is 15.7 Å². The first-order valence-corrected chi connectivity index (χ1v) is 13.3. The molecule has 3 N–H and O–H groups in total. The van der Waals surface area contributed by atoms with E-state index in [4.69, 9.17) is 0 Å². The monoisotopic (exact) mass is 536 g/mol. The molecule has 9 heteroatoms. The molecule has 0 aliphatic heterocycles. The summed E-state index contributed by atoms with van der Waals surface area (Å²) in [6.07, 6.45) is 1.67. The van der Waals surface area contributed by atoms with Crippen molar-refractivity contribution in [3.8, 4) is 10.7 Å². The molecule has 2 aromatic heterocycles. The van der Waals surface area contributed by atoms with E-state index in [0.29, 0.717) is 22.8 Å². The number of carbonyl (C=O) groups is 1. The minimum atomic E-state index is -1.00. The molecule has 2 heterocycles. The summed E-state index contributed by atoms with van der Waals surface area (Å²) in [4.78, 5) is 21.7. The van der Waals surface area contributed by atoms with Crippen molar-refractivity contribution in [1.29, 1.82) is 0 Å². The van der Waals surface area contributed by atoms with E-state index in [-0.39, 0.29) is 25.3 Å². The van der Waals surface area contributed by atoms with Crippen molar-refractivity contribution in [1.82, 2.24) is 20.6 Å². The van der Waals surface area contributed by atoms with Crippen LogP contribution in [0.1, 0.15) is 29.3 Å². The third-order valence-electron chi connectivity index (χ3n) is 6.05. The molecule has 4 aromatic rings. The molecule has 0 saturated heterocycles. The molecular weight excluding hydrogens is 506 g/mol. The average Bonchev–Trinajstić information content (AvgIpc) is 3.36. The second kappa shape index (κ2) is 13.3. The quantitative estimate of drug-likeness (QED) is 0.249. The molecule has 0 aliphatic rings. The highest BCUT2D eigenvalue weighted by Gasteiger charge is 2.23. The number of aliphatic hydroxyl groups excluding tert-OH is 1. The number of amides is 1. The van der Waals surface area contributed by atoms with Gasteiger partial charge in [0, 0.05) is 30.7 Å². The van der Waals surface area contributed by atoms with Gasteiger partial charge >= 0.3 is 0 Å². The average molecular weight is 537 g/mol. The maximum Gasteiger partial charge on any atom is 0.226 e. The fourth-order valence-corrected chi connectivity index (χ4v) is 4.94. The molecule has 1 amide bonds. The van der Waals surface area contributed by atoms with Crippen molar-refractivity contribution in [2.45, 2.75) is 44.9 Å². The van der Waals surface area contributed by atoms with E-state index in [0.717, 1.165) is 23.7 Å². The van der Waals surface area contributed by atoms with E-state index in [1.807, 2.05) is 30.3 Å². The van der Waals surface area contributed by atoms with Gasteiger partial charge in [0.15, 0.2) is 0 Å². The largest absolute Gasteiger partial charge is 0.390 e. The fourth-order valence-electron chi connectivity index (χ4n) is 4.15. The Labute approximate surface area is 224 Å². The number of rotatable bonds is 12. The number of aromatic nitrogens is 2. The van der Waals surface area contributed by atoms with E-state index in [1.165, 1.54) is 29.0 Å². The summed E-state index contributed by atoms with van der Waals surface area (Å²) in [6, 6.07) is 16.1. The molecule has 4 rings (SSSR count). The van der Waals surface area contributed by atoms with E-state index < -0.39 is 23.8 Å². The first-order valence-electron chi connectivity index (χ1n) is 12.5. The van der Waals surface area contributed by atoms with Gasteiger partial charge in [0.05, 0.1) is 30.0 Å². The number of halogens is 2. The number of aryl methyl sites for hydroxylation is 1. The van der Waals surface area contributed by atoms with Crippen molar-refractivity contribution >= 4 is 17.2 Å². The number of carbonyl (C=O) groups excluding carboxylic acids is 1. The lowest BCUT2D eigenvalue weighted by atomic mass is 10.00. The molecule has 2 aromatic carbocycles. The highest BCUT2D eigenvalue weighted by Crippen LogP contribution is 2.21. The predicted molar refractivity (Wildman–Crippen MR) is 145 cm³/mol. The third kappa shape index (κ3) is 7.98. The number of benzene rings is 2. The van der Waals surface area contributed by atoms with Crippen LogP contribution in [0.4, 0.5) is 8.78 Å². The summed E-state index contributed by atoms with van der Waals surface area (Å²) < 4.78 is 27.6. The molecule has 0 radical (unpaired) electrons. The molecule has 2 atom stereocenters. The summed E-state index contributed by atoms with van der Waals surface area (Å²) in [5, 5.41) is 19.5. The van der Waals surface area contributed by atoms with Gasteiger partial charge in [0.2, 0.25) is 5.91 Å². The Morgan fingerprint density at radius 3 is 2.55 bits per heavy atom. The number of nitrogens with one attached hydrogen (secondary N) is 2. The summed E-state index contributed by atoms with van der Waals surface area (Å²) >= 11 is 1.39. The predicted octanol–water partition coefficient (Wildman–Crippen LogP) is 4.47. The van der Waals surface area contributed by atoms with Gasteiger partial charge in [0.1, 0.15) is 16.6 Å². The second-order valence-corrected chi connectivity index (χ2v) is 9.92. The van der Waals surface area contributed by atoms with Gasteiger partial charge in [-0.25, -0.2) is 13.8 Å². The molecule has 0 fully saturated rings. The number of hydrogen-bond donors (Lipinski definition) is 3. The van der Waals surface area contributed by atoms with Gasteiger partial charge in [-0.1, -0.05) is 37.3 Å². The van der Waals surface area contributed by atoms with Crippen LogP contribution < -0.4 is 10.6 Å². The van der Waals surface area contributed by atoms with Crippen LogP contribution in [-0.2, 0) is 30.6 Å². The van der Waals surface area contributed by atoms with Gasteiger partial charge in [-0.2, -0.15) is 0 Å². The van der Waals surface area contributed by atoms with Crippen molar-refractivity contribution in [2.24, 2.45) is 0 Å². The topological polar surface area (TPSA) is 87.1 Å². The van der Waals surface area contributed by atoms with Crippen LogP contribution in [0.25, 0.3) is 10.7 Å². The van der Waals surface area contributed by atoms with Crippen molar-refractivity contribution in [3.63, 3.8) is 0 Å². The Morgan fingerprint density at radius 1 is 1.03 bits per heavy atom. The normalized spacial score (nSPS) is 12.7. The maximum atomic E-state index is 13.8. The molecule has 38 heavy (non-hydrogen) atoms. The molecule has 2 unspecified atom stereocenters.